The number of aryl methyl sites for hydroxylation is 3. The molecule has 1 atom stereocenters. The molecule has 0 spiro atoms. The molecule has 31 heavy (non-hydrogen) atoms. The van der Waals surface area contributed by atoms with Crippen LogP contribution in [-0.2, 0) is 9.53 Å². The zero-order valence-electron chi connectivity index (χ0n) is 19.0. The molecule has 0 bridgehead atoms. The Labute approximate surface area is 183 Å². The molecule has 0 aliphatic carbocycles. The summed E-state index contributed by atoms with van der Waals surface area (Å²) >= 11 is 0. The fourth-order valence-corrected chi connectivity index (χ4v) is 3.71. The Bertz CT molecular complexity index is 1040. The van der Waals surface area contributed by atoms with Crippen LogP contribution in [0.2, 0.25) is 0 Å². The second-order valence-electron chi connectivity index (χ2n) is 7.87. The first-order valence-electron chi connectivity index (χ1n) is 10.4. The van der Waals surface area contributed by atoms with Crippen LogP contribution in [0, 0.1) is 27.7 Å². The van der Waals surface area contributed by atoms with Crippen molar-refractivity contribution < 1.29 is 19.1 Å². The van der Waals surface area contributed by atoms with E-state index in [1.165, 1.54) is 4.90 Å². The molecule has 0 radical (unpaired) electrons. The summed E-state index contributed by atoms with van der Waals surface area (Å²) in [5, 5.41) is 2.96. The van der Waals surface area contributed by atoms with Gasteiger partial charge in [-0.2, -0.15) is 0 Å². The summed E-state index contributed by atoms with van der Waals surface area (Å²) in [6, 6.07) is 10.9. The Balaban J connectivity index is 2.10. The summed E-state index contributed by atoms with van der Waals surface area (Å²) in [6.45, 7) is 10.0. The van der Waals surface area contributed by atoms with Crippen molar-refractivity contribution in [3.63, 3.8) is 0 Å². The number of carbonyl (C=O) groups is 2. The number of amides is 2. The zero-order chi connectivity index (χ0) is 22.7. The number of likely N-dealkylation sites (N-methyl/N-ethyl adjacent to an activating group) is 1. The van der Waals surface area contributed by atoms with E-state index in [9.17, 15) is 9.59 Å². The van der Waals surface area contributed by atoms with Gasteiger partial charge in [-0.15, -0.1) is 0 Å². The minimum Gasteiger partial charge on any atom is -0.487 e. The lowest BCUT2D eigenvalue weighted by Gasteiger charge is -2.35. The highest BCUT2D eigenvalue weighted by atomic mass is 16.5. The Hall–Kier alpha value is -3.28. The van der Waals surface area contributed by atoms with E-state index in [0.717, 1.165) is 33.6 Å². The van der Waals surface area contributed by atoms with Gasteiger partial charge in [0, 0.05) is 7.05 Å². The topological polar surface area (TPSA) is 67.9 Å². The molecule has 2 aromatic carbocycles. The lowest BCUT2D eigenvalue weighted by atomic mass is 9.90. The molecule has 164 valence electrons. The van der Waals surface area contributed by atoms with Gasteiger partial charge < -0.3 is 14.8 Å². The van der Waals surface area contributed by atoms with Crippen molar-refractivity contribution in [3.05, 3.63) is 75.5 Å². The summed E-state index contributed by atoms with van der Waals surface area (Å²) < 4.78 is 11.5. The molecule has 1 heterocycles. The summed E-state index contributed by atoms with van der Waals surface area (Å²) in [4.78, 5) is 27.3. The van der Waals surface area contributed by atoms with E-state index in [2.05, 4.69) is 5.32 Å². The lowest BCUT2D eigenvalue weighted by molar-refractivity contribution is -0.139. The number of urea groups is 1. The molecule has 0 fully saturated rings. The zero-order valence-corrected chi connectivity index (χ0v) is 19.0. The van der Waals surface area contributed by atoms with Crippen molar-refractivity contribution in [2.75, 3.05) is 20.3 Å². The Morgan fingerprint density at radius 1 is 1.10 bits per heavy atom. The van der Waals surface area contributed by atoms with Crippen molar-refractivity contribution in [3.8, 4) is 5.75 Å². The number of esters is 1. The third kappa shape index (κ3) is 4.58. The molecule has 0 saturated carbocycles. The maximum atomic E-state index is 13.1. The molecule has 1 aliphatic rings. The van der Waals surface area contributed by atoms with Gasteiger partial charge in [-0.1, -0.05) is 35.9 Å². The predicted molar refractivity (Wildman–Crippen MR) is 120 cm³/mol. The molecular formula is C25H30N2O4. The number of nitrogens with zero attached hydrogens (tertiary/aromatic N) is 1. The van der Waals surface area contributed by atoms with E-state index >= 15 is 0 Å². The molecule has 3 rings (SSSR count). The monoisotopic (exact) mass is 422 g/mol. The Morgan fingerprint density at radius 3 is 2.55 bits per heavy atom. The summed E-state index contributed by atoms with van der Waals surface area (Å²) in [6.07, 6.45) is 0. The van der Waals surface area contributed by atoms with Crippen LogP contribution >= 0.6 is 0 Å². The van der Waals surface area contributed by atoms with Crippen molar-refractivity contribution >= 4 is 12.0 Å². The maximum absolute atomic E-state index is 13.1. The number of benzene rings is 2. The first-order valence-corrected chi connectivity index (χ1v) is 10.4. The molecule has 2 aromatic rings. The van der Waals surface area contributed by atoms with E-state index in [4.69, 9.17) is 9.47 Å². The fraction of sp³-hybridized carbons (Fsp3) is 0.360. The highest BCUT2D eigenvalue weighted by Crippen LogP contribution is 2.33. The van der Waals surface area contributed by atoms with Gasteiger partial charge in [-0.25, -0.2) is 9.59 Å². The third-order valence-electron chi connectivity index (χ3n) is 5.74. The fourth-order valence-electron chi connectivity index (χ4n) is 3.71. The Morgan fingerprint density at radius 2 is 1.84 bits per heavy atom. The summed E-state index contributed by atoms with van der Waals surface area (Å²) in [7, 11) is 1.63. The van der Waals surface area contributed by atoms with Crippen molar-refractivity contribution in [2.24, 2.45) is 0 Å². The van der Waals surface area contributed by atoms with Gasteiger partial charge in [0.2, 0.25) is 0 Å². The van der Waals surface area contributed by atoms with Crippen molar-refractivity contribution in [1.82, 2.24) is 10.2 Å². The van der Waals surface area contributed by atoms with E-state index in [-0.39, 0.29) is 19.2 Å². The number of hydrogen-bond donors (Lipinski definition) is 1. The van der Waals surface area contributed by atoms with E-state index in [1.807, 2.05) is 64.1 Å². The van der Waals surface area contributed by atoms with Crippen LogP contribution in [0.1, 0.15) is 40.8 Å². The van der Waals surface area contributed by atoms with E-state index in [1.54, 1.807) is 14.0 Å². The minimum absolute atomic E-state index is 0.0731. The van der Waals surface area contributed by atoms with Crippen LogP contribution in [0.3, 0.4) is 0 Å². The average molecular weight is 423 g/mol. The van der Waals surface area contributed by atoms with E-state index < -0.39 is 12.0 Å². The first-order chi connectivity index (χ1) is 14.7. The SMILES string of the molecule is CCOC(=O)C1=C(COc2cccc(C)c2C)N(C)C(=O)NC1c1cc(C)ccc1C. The maximum Gasteiger partial charge on any atom is 0.338 e. The molecule has 1 N–H and O–H groups in total. The van der Waals surface area contributed by atoms with Crippen LogP contribution in [0.25, 0.3) is 0 Å². The number of hydrogen-bond acceptors (Lipinski definition) is 4. The van der Waals surface area contributed by atoms with Gasteiger partial charge in [0.15, 0.2) is 0 Å². The standard InChI is InChI=1S/C25H30N2O4/c1-7-30-24(28)22-20(14-31-21-10-8-9-16(3)18(21)5)27(6)25(29)26-23(22)19-13-15(2)11-12-17(19)4/h8-13,23H,7,14H2,1-6H3,(H,26,29). The largest absolute Gasteiger partial charge is 0.487 e. The van der Waals surface area contributed by atoms with Gasteiger partial charge in [-0.3, -0.25) is 4.90 Å². The van der Waals surface area contributed by atoms with Crippen molar-refractivity contribution in [2.45, 2.75) is 40.7 Å². The predicted octanol–water partition coefficient (Wildman–Crippen LogP) is 4.51. The number of rotatable bonds is 6. The lowest BCUT2D eigenvalue weighted by Crippen LogP contribution is -2.48. The number of nitrogens with one attached hydrogen (secondary N) is 1. The second-order valence-corrected chi connectivity index (χ2v) is 7.87. The van der Waals surface area contributed by atoms with Crippen molar-refractivity contribution in [1.29, 1.82) is 0 Å². The summed E-state index contributed by atoms with van der Waals surface area (Å²) in [5.41, 5.74) is 5.92. The van der Waals surface area contributed by atoms with Gasteiger partial charge in [0.1, 0.15) is 12.4 Å². The van der Waals surface area contributed by atoms with Crippen LogP contribution in [-0.4, -0.2) is 37.2 Å². The van der Waals surface area contributed by atoms with Crippen LogP contribution in [0.15, 0.2) is 47.7 Å². The van der Waals surface area contributed by atoms with E-state index in [0.29, 0.717) is 11.3 Å². The van der Waals surface area contributed by atoms with Gasteiger partial charge in [-0.05, 0) is 62.9 Å². The molecular weight excluding hydrogens is 392 g/mol. The highest BCUT2D eigenvalue weighted by molar-refractivity contribution is 5.95. The average Bonchev–Trinajstić information content (AvgIpc) is 2.73. The van der Waals surface area contributed by atoms with Crippen LogP contribution in [0.4, 0.5) is 4.79 Å². The molecule has 1 aliphatic heterocycles. The van der Waals surface area contributed by atoms with Gasteiger partial charge in [0.05, 0.1) is 23.9 Å². The molecule has 0 aromatic heterocycles. The molecule has 6 heteroatoms. The molecule has 2 amide bonds. The smallest absolute Gasteiger partial charge is 0.338 e. The Kier molecular flexibility index (Phi) is 6.68. The quantitative estimate of drug-likeness (QED) is 0.696. The minimum atomic E-state index is -0.611. The van der Waals surface area contributed by atoms with Gasteiger partial charge >= 0.3 is 12.0 Å². The second kappa shape index (κ2) is 9.25. The molecule has 6 nitrogen and oxygen atoms in total. The first kappa shape index (κ1) is 22.4. The molecule has 0 saturated heterocycles. The van der Waals surface area contributed by atoms with Crippen LogP contribution < -0.4 is 10.1 Å². The number of carbonyl (C=O) groups excluding carboxylic acids is 2. The number of ether oxygens (including phenoxy) is 2. The highest BCUT2D eigenvalue weighted by Gasteiger charge is 2.37. The normalized spacial score (nSPS) is 16.3. The van der Waals surface area contributed by atoms with Gasteiger partial charge in [0.25, 0.3) is 0 Å². The van der Waals surface area contributed by atoms with Crippen LogP contribution in [0.5, 0.6) is 5.75 Å². The molecule has 1 unspecified atom stereocenters. The summed E-state index contributed by atoms with van der Waals surface area (Å²) in [5.74, 6) is 0.262. The third-order valence-corrected chi connectivity index (χ3v) is 5.74.